The van der Waals surface area contributed by atoms with E-state index in [9.17, 15) is 4.79 Å². The minimum Gasteiger partial charge on any atom is -0.477 e. The predicted octanol–water partition coefficient (Wildman–Crippen LogP) is 1.19. The van der Waals surface area contributed by atoms with Crippen LogP contribution in [0.25, 0.3) is 0 Å². The maximum atomic E-state index is 9.97. The third-order valence-corrected chi connectivity index (χ3v) is 0.682. The van der Waals surface area contributed by atoms with Gasteiger partial charge in [0.1, 0.15) is 0 Å². The van der Waals surface area contributed by atoms with E-state index in [1.165, 1.54) is 6.92 Å². The van der Waals surface area contributed by atoms with E-state index in [4.69, 9.17) is 5.11 Å². The zero-order valence-corrected chi connectivity index (χ0v) is 4.93. The molecule has 2 heteroatoms. The van der Waals surface area contributed by atoms with Crippen molar-refractivity contribution in [2.24, 2.45) is 0 Å². The minimum atomic E-state index is -0.914. The van der Waals surface area contributed by atoms with Crippen LogP contribution < -0.4 is 0 Å². The van der Waals surface area contributed by atoms with Crippen molar-refractivity contribution >= 4 is 5.97 Å². The van der Waals surface area contributed by atoms with Gasteiger partial charge in [0.25, 0.3) is 0 Å². The molecule has 0 rings (SSSR count). The van der Waals surface area contributed by atoms with Gasteiger partial charge in [-0.1, -0.05) is 0 Å². The standard InChI is InChI=1S/C6H8O2/c1-3-4-5(2)6(7)8/h3H,1-2H3,(H,7,8). The van der Waals surface area contributed by atoms with Crippen molar-refractivity contribution < 1.29 is 9.90 Å². The maximum absolute atomic E-state index is 9.97. The Kier molecular flexibility index (Phi) is 2.67. The van der Waals surface area contributed by atoms with Gasteiger partial charge >= 0.3 is 5.97 Å². The van der Waals surface area contributed by atoms with Gasteiger partial charge in [0, 0.05) is 0 Å². The van der Waals surface area contributed by atoms with Crippen molar-refractivity contribution in [2.45, 2.75) is 13.8 Å². The molecule has 0 aromatic heterocycles. The van der Waals surface area contributed by atoms with Crippen LogP contribution >= 0.6 is 0 Å². The molecule has 44 valence electrons. The molecule has 0 aliphatic rings. The summed E-state index contributed by atoms with van der Waals surface area (Å²) in [6, 6.07) is 0. The lowest BCUT2D eigenvalue weighted by Crippen LogP contribution is -1.93. The van der Waals surface area contributed by atoms with Crippen LogP contribution in [-0.4, -0.2) is 11.1 Å². The van der Waals surface area contributed by atoms with Crippen LogP contribution in [0.4, 0.5) is 0 Å². The third kappa shape index (κ3) is 2.21. The highest BCUT2D eigenvalue weighted by Gasteiger charge is 1.94. The van der Waals surface area contributed by atoms with Crippen LogP contribution in [0.1, 0.15) is 13.8 Å². The van der Waals surface area contributed by atoms with Crippen molar-refractivity contribution in [1.29, 1.82) is 0 Å². The highest BCUT2D eigenvalue weighted by molar-refractivity contribution is 5.85. The molecule has 0 saturated carbocycles. The van der Waals surface area contributed by atoms with E-state index in [1.54, 1.807) is 13.0 Å². The lowest BCUT2D eigenvalue weighted by Gasteiger charge is -1.81. The molecule has 0 fully saturated rings. The fourth-order valence-corrected chi connectivity index (χ4v) is 0.278. The van der Waals surface area contributed by atoms with Crippen molar-refractivity contribution in [3.63, 3.8) is 0 Å². The first-order valence-corrected chi connectivity index (χ1v) is 2.29. The highest BCUT2D eigenvalue weighted by atomic mass is 16.4. The summed E-state index contributed by atoms with van der Waals surface area (Å²) in [5.74, 6) is -0.914. The van der Waals surface area contributed by atoms with E-state index >= 15 is 0 Å². The normalized spacial score (nSPS) is 7.25. The Balaban J connectivity index is 4.24. The Hall–Kier alpha value is -1.01. The predicted molar refractivity (Wildman–Crippen MR) is 30.6 cm³/mol. The molecule has 0 saturated heterocycles. The molecular formula is C6H8O2. The van der Waals surface area contributed by atoms with E-state index in [2.05, 4.69) is 5.73 Å². The van der Waals surface area contributed by atoms with Gasteiger partial charge in [-0.15, -0.1) is 5.73 Å². The molecule has 0 amide bonds. The molecule has 0 aliphatic carbocycles. The fourth-order valence-electron chi connectivity index (χ4n) is 0.278. The molecule has 0 aromatic carbocycles. The third-order valence-electron chi connectivity index (χ3n) is 0.682. The number of carboxylic acids is 1. The summed E-state index contributed by atoms with van der Waals surface area (Å²) in [6.45, 7) is 3.23. The van der Waals surface area contributed by atoms with Crippen molar-refractivity contribution in [1.82, 2.24) is 0 Å². The van der Waals surface area contributed by atoms with E-state index in [1.807, 2.05) is 0 Å². The Bertz CT molecular complexity index is 150. The van der Waals surface area contributed by atoms with Gasteiger partial charge in [0.2, 0.25) is 0 Å². The summed E-state index contributed by atoms with van der Waals surface area (Å²) >= 11 is 0. The zero-order valence-electron chi connectivity index (χ0n) is 4.93. The number of aliphatic carboxylic acids is 1. The number of carboxylic acid groups (broad SMARTS) is 1. The molecule has 0 aromatic rings. The summed E-state index contributed by atoms with van der Waals surface area (Å²) in [7, 11) is 0. The van der Waals surface area contributed by atoms with Gasteiger partial charge in [-0.2, -0.15) is 0 Å². The maximum Gasteiger partial charge on any atom is 0.339 e. The Morgan fingerprint density at radius 2 is 2.25 bits per heavy atom. The molecular weight excluding hydrogens is 104 g/mol. The van der Waals surface area contributed by atoms with E-state index in [0.29, 0.717) is 0 Å². The van der Waals surface area contributed by atoms with Crippen LogP contribution in [-0.2, 0) is 4.79 Å². The lowest BCUT2D eigenvalue weighted by atomic mass is 10.3. The minimum absolute atomic E-state index is 0.243. The summed E-state index contributed by atoms with van der Waals surface area (Å²) in [5, 5.41) is 8.19. The van der Waals surface area contributed by atoms with Gasteiger partial charge in [0.05, 0.1) is 5.57 Å². The monoisotopic (exact) mass is 112 g/mol. The first-order valence-electron chi connectivity index (χ1n) is 2.29. The molecule has 1 N–H and O–H groups in total. The molecule has 0 heterocycles. The average molecular weight is 112 g/mol. The smallest absolute Gasteiger partial charge is 0.339 e. The second-order valence-electron chi connectivity index (χ2n) is 1.36. The second kappa shape index (κ2) is 3.05. The van der Waals surface area contributed by atoms with Gasteiger partial charge in [0.15, 0.2) is 0 Å². The number of carbonyl (C=O) groups is 1. The van der Waals surface area contributed by atoms with Crippen molar-refractivity contribution in [3.8, 4) is 0 Å². The average Bonchev–Trinajstić information content (AvgIpc) is 1.67. The van der Waals surface area contributed by atoms with E-state index < -0.39 is 5.97 Å². The Labute approximate surface area is 48.1 Å². The first-order chi connectivity index (χ1) is 3.68. The summed E-state index contributed by atoms with van der Waals surface area (Å²) in [6.07, 6.45) is 1.57. The van der Waals surface area contributed by atoms with Crippen LogP contribution in [0.2, 0.25) is 0 Å². The molecule has 0 aliphatic heterocycles. The highest BCUT2D eigenvalue weighted by Crippen LogP contribution is 1.85. The van der Waals surface area contributed by atoms with Crippen LogP contribution in [0.15, 0.2) is 17.4 Å². The molecule has 8 heavy (non-hydrogen) atoms. The van der Waals surface area contributed by atoms with E-state index in [-0.39, 0.29) is 5.57 Å². The molecule has 0 radical (unpaired) electrons. The van der Waals surface area contributed by atoms with Crippen LogP contribution in [0.5, 0.6) is 0 Å². The zero-order chi connectivity index (χ0) is 6.57. The Morgan fingerprint density at radius 1 is 1.75 bits per heavy atom. The molecule has 0 atom stereocenters. The first kappa shape index (κ1) is 6.99. The SMILES string of the molecule is CC=C=C(C)C(=O)O. The van der Waals surface area contributed by atoms with Crippen LogP contribution in [0, 0.1) is 0 Å². The fraction of sp³-hybridized carbons (Fsp3) is 0.333. The number of hydrogen-bond acceptors (Lipinski definition) is 1. The number of rotatable bonds is 1. The van der Waals surface area contributed by atoms with E-state index in [0.717, 1.165) is 0 Å². The summed E-state index contributed by atoms with van der Waals surface area (Å²) in [4.78, 5) is 9.97. The van der Waals surface area contributed by atoms with Crippen LogP contribution in [0.3, 0.4) is 0 Å². The van der Waals surface area contributed by atoms with Gasteiger partial charge in [-0.05, 0) is 19.9 Å². The Morgan fingerprint density at radius 3 is 2.38 bits per heavy atom. The molecule has 2 nitrogen and oxygen atoms in total. The topological polar surface area (TPSA) is 37.3 Å². The lowest BCUT2D eigenvalue weighted by molar-refractivity contribution is -0.132. The molecule has 0 spiro atoms. The van der Waals surface area contributed by atoms with Crippen molar-refractivity contribution in [3.05, 3.63) is 17.4 Å². The second-order valence-corrected chi connectivity index (χ2v) is 1.36. The van der Waals surface area contributed by atoms with Gasteiger partial charge < -0.3 is 5.11 Å². The van der Waals surface area contributed by atoms with Gasteiger partial charge in [-0.3, -0.25) is 0 Å². The summed E-state index contributed by atoms with van der Waals surface area (Å²) in [5.41, 5.74) is 2.78. The molecule has 0 bridgehead atoms. The van der Waals surface area contributed by atoms with Crippen molar-refractivity contribution in [2.75, 3.05) is 0 Å². The molecule has 0 unspecified atom stereocenters. The number of hydrogen-bond donors (Lipinski definition) is 1. The van der Waals surface area contributed by atoms with Gasteiger partial charge in [-0.25, -0.2) is 4.79 Å². The largest absolute Gasteiger partial charge is 0.477 e. The summed E-state index contributed by atoms with van der Waals surface area (Å²) < 4.78 is 0. The quantitative estimate of drug-likeness (QED) is 0.408.